The Bertz CT molecular complexity index is 1130. The van der Waals surface area contributed by atoms with Gasteiger partial charge in [0.15, 0.2) is 5.82 Å². The van der Waals surface area contributed by atoms with Crippen LogP contribution in [0.25, 0.3) is 16.6 Å². The number of rotatable bonds is 3. The molecule has 1 amide bonds. The van der Waals surface area contributed by atoms with Gasteiger partial charge in [-0.05, 0) is 53.7 Å². The number of anilines is 1. The van der Waals surface area contributed by atoms with Gasteiger partial charge in [-0.2, -0.15) is 4.68 Å². The molecule has 0 saturated carbocycles. The minimum absolute atomic E-state index is 0.271. The summed E-state index contributed by atoms with van der Waals surface area (Å²) in [5, 5.41) is 15.8. The highest BCUT2D eigenvalue weighted by molar-refractivity contribution is 6.40. The molecule has 0 aliphatic carbocycles. The van der Waals surface area contributed by atoms with E-state index >= 15 is 0 Å². The third kappa shape index (κ3) is 2.91. The Morgan fingerprint density at radius 2 is 2.04 bits per heavy atom. The number of aromatic nitrogens is 5. The Morgan fingerprint density at radius 3 is 2.81 bits per heavy atom. The van der Waals surface area contributed by atoms with Gasteiger partial charge in [-0.1, -0.05) is 29.3 Å². The van der Waals surface area contributed by atoms with Crippen molar-refractivity contribution in [1.29, 1.82) is 0 Å². The number of fused-ring (bicyclic) bond motifs is 1. The molecule has 4 rings (SSSR count). The van der Waals surface area contributed by atoms with Gasteiger partial charge in [-0.25, -0.2) is 0 Å². The average Bonchev–Trinajstić information content (AvgIpc) is 3.19. The van der Waals surface area contributed by atoms with Gasteiger partial charge in [-0.3, -0.25) is 4.79 Å². The molecular weight excluding hydrogens is 375 g/mol. The van der Waals surface area contributed by atoms with E-state index in [2.05, 4.69) is 25.8 Å². The van der Waals surface area contributed by atoms with Crippen LogP contribution < -0.4 is 5.32 Å². The number of nitrogens with zero attached hydrogens (tertiary/aromatic N) is 4. The highest BCUT2D eigenvalue weighted by Crippen LogP contribution is 2.30. The van der Waals surface area contributed by atoms with Crippen molar-refractivity contribution in [3.8, 4) is 5.69 Å². The van der Waals surface area contributed by atoms with E-state index < -0.39 is 0 Å². The third-order valence-corrected chi connectivity index (χ3v) is 4.53. The summed E-state index contributed by atoms with van der Waals surface area (Å²) in [6.07, 6.45) is 0. The Labute approximate surface area is 157 Å². The van der Waals surface area contributed by atoms with Crippen LogP contribution in [0.15, 0.2) is 42.5 Å². The summed E-state index contributed by atoms with van der Waals surface area (Å²) in [5.41, 5.74) is 2.34. The molecule has 9 heteroatoms. The van der Waals surface area contributed by atoms with Crippen molar-refractivity contribution in [2.75, 3.05) is 5.32 Å². The van der Waals surface area contributed by atoms with Crippen molar-refractivity contribution in [2.45, 2.75) is 6.92 Å². The largest absolute Gasteiger partial charge is 0.349 e. The maximum Gasteiger partial charge on any atom is 0.273 e. The number of halogens is 2. The molecule has 26 heavy (non-hydrogen) atoms. The Balaban J connectivity index is 1.65. The van der Waals surface area contributed by atoms with Crippen LogP contribution in [0, 0.1) is 6.92 Å². The second-order valence-corrected chi connectivity index (χ2v) is 6.46. The summed E-state index contributed by atoms with van der Waals surface area (Å²) in [5.74, 6) is 0.289. The lowest BCUT2D eigenvalue weighted by atomic mass is 10.2. The maximum absolute atomic E-state index is 12.6. The summed E-state index contributed by atoms with van der Waals surface area (Å²) < 4.78 is 1.58. The van der Waals surface area contributed by atoms with Crippen LogP contribution in [0.4, 0.5) is 5.69 Å². The van der Waals surface area contributed by atoms with Gasteiger partial charge in [0.2, 0.25) is 0 Å². The zero-order valence-corrected chi connectivity index (χ0v) is 15.0. The molecule has 0 radical (unpaired) electrons. The number of tetrazole rings is 1. The SMILES string of the molecule is Cc1nnnn1-c1cccc(NC(=O)c2[nH]c3ccc(Cl)cc3c2Cl)c1. The molecule has 0 aliphatic heterocycles. The fourth-order valence-electron chi connectivity index (χ4n) is 2.67. The maximum atomic E-state index is 12.6. The normalized spacial score (nSPS) is 11.0. The molecule has 2 N–H and O–H groups in total. The number of hydrogen-bond donors (Lipinski definition) is 2. The summed E-state index contributed by atoms with van der Waals surface area (Å²) in [6.45, 7) is 1.79. The van der Waals surface area contributed by atoms with Gasteiger partial charge in [0, 0.05) is 21.6 Å². The smallest absolute Gasteiger partial charge is 0.273 e. The number of aryl methyl sites for hydroxylation is 1. The first kappa shape index (κ1) is 16.6. The molecule has 0 fully saturated rings. The minimum Gasteiger partial charge on any atom is -0.349 e. The number of carbonyl (C=O) groups is 1. The first-order chi connectivity index (χ1) is 12.5. The molecule has 0 spiro atoms. The van der Waals surface area contributed by atoms with Gasteiger partial charge in [0.1, 0.15) is 5.69 Å². The highest BCUT2D eigenvalue weighted by atomic mass is 35.5. The number of benzene rings is 2. The van der Waals surface area contributed by atoms with Crippen LogP contribution in [-0.2, 0) is 0 Å². The zero-order valence-electron chi connectivity index (χ0n) is 13.5. The molecule has 0 atom stereocenters. The van der Waals surface area contributed by atoms with Crippen LogP contribution >= 0.6 is 23.2 Å². The lowest BCUT2D eigenvalue weighted by molar-refractivity contribution is 0.102. The number of carbonyl (C=O) groups excluding carboxylic acids is 1. The molecule has 0 unspecified atom stereocenters. The number of amides is 1. The predicted octanol–water partition coefficient (Wildman–Crippen LogP) is 4.01. The van der Waals surface area contributed by atoms with Gasteiger partial charge >= 0.3 is 0 Å². The van der Waals surface area contributed by atoms with Crippen molar-refractivity contribution < 1.29 is 4.79 Å². The van der Waals surface area contributed by atoms with E-state index in [1.54, 1.807) is 48.0 Å². The topological polar surface area (TPSA) is 88.5 Å². The van der Waals surface area contributed by atoms with E-state index in [1.807, 2.05) is 6.07 Å². The predicted molar refractivity (Wildman–Crippen MR) is 100 cm³/mol. The first-order valence-electron chi connectivity index (χ1n) is 7.66. The number of hydrogen-bond acceptors (Lipinski definition) is 4. The molecule has 4 aromatic rings. The van der Waals surface area contributed by atoms with Crippen LogP contribution in [0.1, 0.15) is 16.3 Å². The van der Waals surface area contributed by atoms with Crippen LogP contribution in [-0.4, -0.2) is 31.1 Å². The van der Waals surface area contributed by atoms with Gasteiger partial charge in [0.25, 0.3) is 5.91 Å². The van der Waals surface area contributed by atoms with Crippen molar-refractivity contribution >= 4 is 45.7 Å². The Kier molecular flexibility index (Phi) is 4.10. The molecule has 2 heterocycles. The Morgan fingerprint density at radius 1 is 1.19 bits per heavy atom. The van der Waals surface area contributed by atoms with Crippen LogP contribution in [0.3, 0.4) is 0 Å². The van der Waals surface area contributed by atoms with Gasteiger partial charge in [-0.15, -0.1) is 5.10 Å². The van der Waals surface area contributed by atoms with Crippen LogP contribution in [0.5, 0.6) is 0 Å². The second kappa shape index (κ2) is 6.44. The van der Waals surface area contributed by atoms with E-state index in [1.165, 1.54) is 0 Å². The fraction of sp³-hybridized carbons (Fsp3) is 0.0588. The summed E-state index contributed by atoms with van der Waals surface area (Å²) in [7, 11) is 0. The van der Waals surface area contributed by atoms with Crippen molar-refractivity contribution in [1.82, 2.24) is 25.2 Å². The highest BCUT2D eigenvalue weighted by Gasteiger charge is 2.17. The molecule has 0 saturated heterocycles. The first-order valence-corrected chi connectivity index (χ1v) is 8.42. The van der Waals surface area contributed by atoms with E-state index in [0.717, 1.165) is 11.2 Å². The summed E-state index contributed by atoms with van der Waals surface area (Å²) in [4.78, 5) is 15.7. The third-order valence-electron chi connectivity index (χ3n) is 3.90. The van der Waals surface area contributed by atoms with Crippen molar-refractivity contribution in [2.24, 2.45) is 0 Å². The minimum atomic E-state index is -0.354. The summed E-state index contributed by atoms with van der Waals surface area (Å²) >= 11 is 12.3. The number of nitrogens with one attached hydrogen (secondary N) is 2. The van der Waals surface area contributed by atoms with Crippen LogP contribution in [0.2, 0.25) is 10.0 Å². The fourth-order valence-corrected chi connectivity index (χ4v) is 3.13. The Hall–Kier alpha value is -2.90. The van der Waals surface area contributed by atoms with Crippen molar-refractivity contribution in [3.63, 3.8) is 0 Å². The van der Waals surface area contributed by atoms with Gasteiger partial charge in [0.05, 0.1) is 10.7 Å². The molecular formula is C17H12Cl2N6O. The van der Waals surface area contributed by atoms with Gasteiger partial charge < -0.3 is 10.3 Å². The number of aromatic amines is 1. The quantitative estimate of drug-likeness (QED) is 0.556. The number of H-pyrrole nitrogens is 1. The average molecular weight is 387 g/mol. The lowest BCUT2D eigenvalue weighted by Crippen LogP contribution is -2.13. The second-order valence-electron chi connectivity index (χ2n) is 5.65. The van der Waals surface area contributed by atoms with E-state index in [9.17, 15) is 4.79 Å². The van der Waals surface area contributed by atoms with E-state index in [0.29, 0.717) is 26.9 Å². The van der Waals surface area contributed by atoms with E-state index in [-0.39, 0.29) is 11.6 Å². The van der Waals surface area contributed by atoms with E-state index in [4.69, 9.17) is 23.2 Å². The molecule has 2 aromatic carbocycles. The zero-order chi connectivity index (χ0) is 18.3. The molecule has 7 nitrogen and oxygen atoms in total. The monoisotopic (exact) mass is 386 g/mol. The van der Waals surface area contributed by atoms with Crippen molar-refractivity contribution in [3.05, 3.63) is 64.0 Å². The standard InChI is InChI=1S/C17H12Cl2N6O/c1-9-22-23-24-25(9)12-4-2-3-11(8-12)20-17(26)16-15(19)13-7-10(18)5-6-14(13)21-16/h2-8,21H,1H3,(H,20,26). The molecule has 2 aromatic heterocycles. The molecule has 0 bridgehead atoms. The summed E-state index contributed by atoms with van der Waals surface area (Å²) in [6, 6.07) is 12.4. The lowest BCUT2D eigenvalue weighted by Gasteiger charge is -2.07. The molecule has 0 aliphatic rings. The molecule has 130 valence electrons.